The van der Waals surface area contributed by atoms with Crippen LogP contribution in [0.1, 0.15) is 12.6 Å². The van der Waals surface area contributed by atoms with Gasteiger partial charge in [-0.1, -0.05) is 29.8 Å². The van der Waals surface area contributed by atoms with E-state index >= 15 is 0 Å². The molecule has 0 saturated carbocycles. The van der Waals surface area contributed by atoms with Crippen LogP contribution in [-0.2, 0) is 16.0 Å². The van der Waals surface area contributed by atoms with Crippen LogP contribution in [0.15, 0.2) is 24.3 Å². The first-order valence-corrected chi connectivity index (χ1v) is 6.18. The Morgan fingerprint density at radius 1 is 1.50 bits per heavy atom. The molecule has 18 heavy (non-hydrogen) atoms. The van der Waals surface area contributed by atoms with Crippen molar-refractivity contribution < 1.29 is 9.53 Å². The molecule has 2 aromatic rings. The highest BCUT2D eigenvalue weighted by molar-refractivity contribution is 6.36. The van der Waals surface area contributed by atoms with Gasteiger partial charge in [-0.05, 0) is 13.0 Å². The molecule has 0 aliphatic carbocycles. The highest BCUT2D eigenvalue weighted by atomic mass is 35.5. The van der Waals surface area contributed by atoms with Gasteiger partial charge in [0, 0.05) is 23.0 Å². The molecule has 0 radical (unpaired) electrons. The summed E-state index contributed by atoms with van der Waals surface area (Å²) in [6.45, 7) is 2.08. The van der Waals surface area contributed by atoms with Crippen molar-refractivity contribution in [3.05, 3.63) is 35.0 Å². The first-order valence-electron chi connectivity index (χ1n) is 5.80. The highest BCUT2D eigenvalue weighted by Crippen LogP contribution is 2.27. The maximum absolute atomic E-state index is 11.5. The Labute approximate surface area is 110 Å². The molecule has 0 aliphatic rings. The van der Waals surface area contributed by atoms with Gasteiger partial charge in [0.15, 0.2) is 0 Å². The van der Waals surface area contributed by atoms with Crippen LogP contribution >= 0.6 is 11.6 Å². The molecule has 96 valence electrons. The zero-order valence-corrected chi connectivity index (χ0v) is 10.8. The van der Waals surface area contributed by atoms with E-state index in [1.54, 1.807) is 6.92 Å². The van der Waals surface area contributed by atoms with Crippen molar-refractivity contribution in [3.63, 3.8) is 0 Å². The fourth-order valence-electron chi connectivity index (χ4n) is 1.86. The van der Waals surface area contributed by atoms with Crippen molar-refractivity contribution >= 4 is 28.5 Å². The Kier molecular flexibility index (Phi) is 3.89. The number of esters is 1. The molecule has 5 heteroatoms. The van der Waals surface area contributed by atoms with Crippen LogP contribution in [0.5, 0.6) is 0 Å². The zero-order chi connectivity index (χ0) is 13.1. The summed E-state index contributed by atoms with van der Waals surface area (Å²) in [6.07, 6.45) is 0.340. The van der Waals surface area contributed by atoms with Gasteiger partial charge in [0.2, 0.25) is 0 Å². The Hall–Kier alpha value is -1.52. The summed E-state index contributed by atoms with van der Waals surface area (Å²) in [5.41, 5.74) is 7.47. The minimum Gasteiger partial charge on any atom is -0.465 e. The van der Waals surface area contributed by atoms with Gasteiger partial charge in [-0.25, -0.2) is 0 Å². The second-order valence-corrected chi connectivity index (χ2v) is 4.40. The lowest BCUT2D eigenvalue weighted by atomic mass is 10.1. The summed E-state index contributed by atoms with van der Waals surface area (Å²) >= 11 is 6.24. The zero-order valence-electron chi connectivity index (χ0n) is 10.1. The summed E-state index contributed by atoms with van der Waals surface area (Å²) in [5.74, 6) is -0.410. The first kappa shape index (κ1) is 12.9. The third-order valence-corrected chi connectivity index (χ3v) is 3.16. The molecule has 3 N–H and O–H groups in total. The Bertz CT molecular complexity index is 565. The van der Waals surface area contributed by atoms with Crippen LogP contribution in [0, 0.1) is 0 Å². The third-order valence-electron chi connectivity index (χ3n) is 2.73. The summed E-state index contributed by atoms with van der Waals surface area (Å²) in [4.78, 5) is 14.6. The van der Waals surface area contributed by atoms with E-state index in [9.17, 15) is 4.79 Å². The van der Waals surface area contributed by atoms with Gasteiger partial charge in [-0.15, -0.1) is 0 Å². The molecule has 0 amide bonds. The molecule has 0 bridgehead atoms. The topological polar surface area (TPSA) is 68.1 Å². The molecule has 0 saturated heterocycles. The van der Waals surface area contributed by atoms with Gasteiger partial charge in [0.25, 0.3) is 0 Å². The number of nitrogens with one attached hydrogen (secondary N) is 1. The second kappa shape index (κ2) is 5.42. The Balaban J connectivity index is 2.21. The lowest BCUT2D eigenvalue weighted by Crippen LogP contribution is -2.34. The van der Waals surface area contributed by atoms with E-state index in [1.165, 1.54) is 0 Å². The lowest BCUT2D eigenvalue weighted by molar-refractivity contribution is -0.144. The van der Waals surface area contributed by atoms with Crippen LogP contribution in [0.3, 0.4) is 0 Å². The van der Waals surface area contributed by atoms with Crippen molar-refractivity contribution in [3.8, 4) is 0 Å². The van der Waals surface area contributed by atoms with Gasteiger partial charge in [-0.3, -0.25) is 4.79 Å². The standard InChI is InChI=1S/C13H15ClN2O2/c1-2-18-13(17)9(15)7-11-12(14)8-5-3-4-6-10(8)16-11/h3-6,9,16H,2,7,15H2,1H3. The number of halogens is 1. The van der Waals surface area contributed by atoms with Crippen molar-refractivity contribution in [2.45, 2.75) is 19.4 Å². The predicted octanol–water partition coefficient (Wildman–Crippen LogP) is 2.25. The van der Waals surface area contributed by atoms with Crippen LogP contribution < -0.4 is 5.73 Å². The molecule has 2 rings (SSSR count). The largest absolute Gasteiger partial charge is 0.465 e. The smallest absolute Gasteiger partial charge is 0.323 e. The summed E-state index contributed by atoms with van der Waals surface area (Å²) < 4.78 is 4.87. The fourth-order valence-corrected chi connectivity index (χ4v) is 2.15. The second-order valence-electron chi connectivity index (χ2n) is 4.03. The number of aromatic amines is 1. The van der Waals surface area contributed by atoms with Gasteiger partial charge < -0.3 is 15.5 Å². The van der Waals surface area contributed by atoms with Crippen molar-refractivity contribution in [2.24, 2.45) is 5.73 Å². The molecule has 1 aromatic carbocycles. The number of fused-ring (bicyclic) bond motifs is 1. The van der Waals surface area contributed by atoms with Crippen molar-refractivity contribution in [1.29, 1.82) is 0 Å². The van der Waals surface area contributed by atoms with E-state index in [0.29, 0.717) is 18.1 Å². The van der Waals surface area contributed by atoms with Crippen molar-refractivity contribution in [1.82, 2.24) is 4.98 Å². The molecule has 1 unspecified atom stereocenters. The van der Waals surface area contributed by atoms with Gasteiger partial charge in [-0.2, -0.15) is 0 Å². The number of hydrogen-bond donors (Lipinski definition) is 2. The molecule has 0 spiro atoms. The summed E-state index contributed by atoms with van der Waals surface area (Å²) in [5, 5.41) is 1.55. The van der Waals surface area contributed by atoms with E-state index in [4.69, 9.17) is 22.1 Å². The van der Waals surface area contributed by atoms with E-state index < -0.39 is 12.0 Å². The molecular weight excluding hydrogens is 252 g/mol. The van der Waals surface area contributed by atoms with E-state index in [1.807, 2.05) is 24.3 Å². The third kappa shape index (κ3) is 2.49. The highest BCUT2D eigenvalue weighted by Gasteiger charge is 2.18. The number of hydrogen-bond acceptors (Lipinski definition) is 3. The number of ether oxygens (including phenoxy) is 1. The maximum Gasteiger partial charge on any atom is 0.323 e. The lowest BCUT2D eigenvalue weighted by Gasteiger charge is -2.09. The first-order chi connectivity index (χ1) is 8.63. The monoisotopic (exact) mass is 266 g/mol. The number of para-hydroxylation sites is 1. The summed E-state index contributed by atoms with van der Waals surface area (Å²) in [7, 11) is 0. The van der Waals surface area contributed by atoms with E-state index in [2.05, 4.69) is 4.98 Å². The van der Waals surface area contributed by atoms with Gasteiger partial charge in [0.05, 0.1) is 11.6 Å². The van der Waals surface area contributed by atoms with Crippen molar-refractivity contribution in [2.75, 3.05) is 6.61 Å². The summed E-state index contributed by atoms with van der Waals surface area (Å²) in [6, 6.07) is 6.99. The SMILES string of the molecule is CCOC(=O)C(N)Cc1[nH]c2ccccc2c1Cl. The molecular formula is C13H15ClN2O2. The minimum atomic E-state index is -0.699. The molecule has 0 aliphatic heterocycles. The van der Waals surface area contributed by atoms with Gasteiger partial charge >= 0.3 is 5.97 Å². The predicted molar refractivity (Wildman–Crippen MR) is 71.6 cm³/mol. The molecule has 0 fully saturated rings. The van der Waals surface area contributed by atoms with Crippen LogP contribution in [0.25, 0.3) is 10.9 Å². The average Bonchev–Trinajstić information content (AvgIpc) is 2.67. The van der Waals surface area contributed by atoms with Crippen LogP contribution in [0.2, 0.25) is 5.02 Å². The van der Waals surface area contributed by atoms with Crippen LogP contribution in [0.4, 0.5) is 0 Å². The number of carbonyl (C=O) groups is 1. The molecule has 4 nitrogen and oxygen atoms in total. The Morgan fingerprint density at radius 2 is 2.22 bits per heavy atom. The number of H-pyrrole nitrogens is 1. The van der Waals surface area contributed by atoms with Crippen LogP contribution in [-0.4, -0.2) is 23.6 Å². The van der Waals surface area contributed by atoms with E-state index in [-0.39, 0.29) is 0 Å². The number of benzene rings is 1. The number of aromatic nitrogens is 1. The number of nitrogens with two attached hydrogens (primary N) is 1. The maximum atomic E-state index is 11.5. The normalized spacial score (nSPS) is 12.6. The number of rotatable bonds is 4. The minimum absolute atomic E-state index is 0.326. The fraction of sp³-hybridized carbons (Fsp3) is 0.308. The molecule has 1 atom stereocenters. The quantitative estimate of drug-likeness (QED) is 0.834. The van der Waals surface area contributed by atoms with E-state index in [0.717, 1.165) is 16.6 Å². The Morgan fingerprint density at radius 3 is 2.89 bits per heavy atom. The molecule has 1 aromatic heterocycles. The van der Waals surface area contributed by atoms with Gasteiger partial charge in [0.1, 0.15) is 6.04 Å². The molecule has 1 heterocycles. The average molecular weight is 267 g/mol. The number of carbonyl (C=O) groups excluding carboxylic acids is 1.